The minimum Gasteiger partial charge on any atom is -0.381 e. The molecule has 6 nitrogen and oxygen atoms in total. The summed E-state index contributed by atoms with van der Waals surface area (Å²) in [5.41, 5.74) is 3.90. The molecule has 0 saturated carbocycles. The third-order valence-corrected chi connectivity index (χ3v) is 6.63. The van der Waals surface area contributed by atoms with Crippen LogP contribution in [-0.2, 0) is 4.74 Å². The number of imidazole rings is 1. The summed E-state index contributed by atoms with van der Waals surface area (Å²) in [5.74, 6) is 0.593. The first-order valence-electron chi connectivity index (χ1n) is 10.5. The van der Waals surface area contributed by atoms with E-state index in [0.717, 1.165) is 50.1 Å². The zero-order chi connectivity index (χ0) is 19.9. The fraction of sp³-hybridized carbons (Fsp3) is 0.636. The number of H-pyrrole nitrogens is 1. The molecular formula is C22H32N4O2. The van der Waals surface area contributed by atoms with Gasteiger partial charge in [0.25, 0.3) is 0 Å². The van der Waals surface area contributed by atoms with Gasteiger partial charge in [-0.2, -0.15) is 0 Å². The fourth-order valence-electron chi connectivity index (χ4n) is 4.58. The van der Waals surface area contributed by atoms with Gasteiger partial charge in [-0.3, -0.25) is 9.69 Å². The predicted molar refractivity (Wildman–Crippen MR) is 112 cm³/mol. The molecule has 0 amide bonds. The summed E-state index contributed by atoms with van der Waals surface area (Å²) in [7, 11) is 0. The van der Waals surface area contributed by atoms with Gasteiger partial charge in [0, 0.05) is 50.0 Å². The molecule has 2 saturated heterocycles. The van der Waals surface area contributed by atoms with Crippen LogP contribution in [0.5, 0.6) is 0 Å². The van der Waals surface area contributed by atoms with E-state index in [-0.39, 0.29) is 11.2 Å². The van der Waals surface area contributed by atoms with Gasteiger partial charge in [0.15, 0.2) is 5.82 Å². The van der Waals surface area contributed by atoms with E-state index < -0.39 is 0 Å². The zero-order valence-electron chi connectivity index (χ0n) is 17.5. The molecule has 1 aromatic heterocycles. The molecule has 2 aliphatic heterocycles. The van der Waals surface area contributed by atoms with Gasteiger partial charge >= 0.3 is 0 Å². The van der Waals surface area contributed by atoms with Crippen LogP contribution in [0.4, 0.5) is 5.69 Å². The first-order chi connectivity index (χ1) is 13.4. The van der Waals surface area contributed by atoms with Crippen LogP contribution >= 0.6 is 0 Å². The molecule has 2 aliphatic rings. The normalized spacial score (nSPS) is 23.3. The number of aromatic amines is 1. The van der Waals surface area contributed by atoms with Crippen molar-refractivity contribution in [2.45, 2.75) is 46.6 Å². The molecule has 152 valence electrons. The number of fused-ring (bicyclic) bond motifs is 1. The summed E-state index contributed by atoms with van der Waals surface area (Å²) >= 11 is 0. The number of carbonyl (C=O) groups excluding carboxylic acids is 1. The molecule has 4 rings (SSSR count). The summed E-state index contributed by atoms with van der Waals surface area (Å²) in [6.45, 7) is 14.3. The van der Waals surface area contributed by atoms with E-state index in [2.05, 4.69) is 47.7 Å². The molecule has 2 fully saturated rings. The minimum absolute atomic E-state index is 0.108. The Morgan fingerprint density at radius 2 is 2.07 bits per heavy atom. The predicted octanol–water partition coefficient (Wildman–Crippen LogP) is 3.40. The molecule has 0 radical (unpaired) electrons. The highest BCUT2D eigenvalue weighted by Gasteiger charge is 2.37. The molecule has 1 atom stereocenters. The standard InChI is InChI=1S/C22H32N4O2/c1-5-25-8-9-26(16(3)14-25)19-13-18-17(12-15(19)2)23-21(24-18)20(27)22(4)6-10-28-11-7-22/h12-13,16H,5-11,14H2,1-4H3,(H,23,24). The number of anilines is 1. The number of likely N-dealkylation sites (N-methyl/N-ethyl adjacent to an activating group) is 1. The van der Waals surface area contributed by atoms with E-state index in [1.54, 1.807) is 0 Å². The zero-order valence-corrected chi connectivity index (χ0v) is 17.5. The topological polar surface area (TPSA) is 61.5 Å². The first kappa shape index (κ1) is 19.4. The van der Waals surface area contributed by atoms with Crippen LogP contribution in [0.1, 0.15) is 49.8 Å². The van der Waals surface area contributed by atoms with Crippen LogP contribution in [0.2, 0.25) is 0 Å². The van der Waals surface area contributed by atoms with Crippen molar-refractivity contribution in [2.24, 2.45) is 5.41 Å². The molecule has 1 N–H and O–H groups in total. The second-order valence-electron chi connectivity index (χ2n) is 8.68. The number of nitrogens with one attached hydrogen (secondary N) is 1. The molecule has 0 spiro atoms. The molecule has 1 unspecified atom stereocenters. The lowest BCUT2D eigenvalue weighted by Crippen LogP contribution is -2.52. The van der Waals surface area contributed by atoms with E-state index in [4.69, 9.17) is 9.72 Å². The SMILES string of the molecule is CCN1CCN(c2cc3nc(C(=O)C4(C)CCOCC4)[nH]c3cc2C)C(C)C1. The maximum Gasteiger partial charge on any atom is 0.204 e. The third kappa shape index (κ3) is 3.44. The summed E-state index contributed by atoms with van der Waals surface area (Å²) < 4.78 is 5.44. The second kappa shape index (κ2) is 7.48. The van der Waals surface area contributed by atoms with Crippen molar-refractivity contribution in [3.8, 4) is 0 Å². The molecule has 3 heterocycles. The van der Waals surface area contributed by atoms with Crippen molar-refractivity contribution < 1.29 is 9.53 Å². The van der Waals surface area contributed by atoms with Gasteiger partial charge in [-0.05, 0) is 50.9 Å². The minimum atomic E-state index is -0.380. The summed E-state index contributed by atoms with van der Waals surface area (Å²) in [4.78, 5) is 26.1. The highest BCUT2D eigenvalue weighted by Crippen LogP contribution is 2.34. The lowest BCUT2D eigenvalue weighted by molar-refractivity contribution is 0.0230. The van der Waals surface area contributed by atoms with Crippen molar-refractivity contribution in [1.29, 1.82) is 0 Å². The van der Waals surface area contributed by atoms with E-state index in [1.165, 1.54) is 11.3 Å². The van der Waals surface area contributed by atoms with Crippen molar-refractivity contribution in [3.05, 3.63) is 23.5 Å². The van der Waals surface area contributed by atoms with E-state index >= 15 is 0 Å². The average molecular weight is 385 g/mol. The Bertz CT molecular complexity index is 869. The van der Waals surface area contributed by atoms with E-state index in [1.807, 2.05) is 6.92 Å². The number of Topliss-reactive ketones (excluding diaryl/α,β-unsaturated/α-hetero) is 1. The van der Waals surface area contributed by atoms with Crippen LogP contribution in [-0.4, -0.2) is 66.1 Å². The number of piperazine rings is 1. The van der Waals surface area contributed by atoms with Gasteiger partial charge < -0.3 is 14.6 Å². The number of ketones is 1. The maximum absolute atomic E-state index is 13.1. The van der Waals surface area contributed by atoms with Crippen molar-refractivity contribution in [3.63, 3.8) is 0 Å². The van der Waals surface area contributed by atoms with Gasteiger partial charge in [0.05, 0.1) is 11.0 Å². The van der Waals surface area contributed by atoms with Crippen LogP contribution < -0.4 is 4.90 Å². The Balaban J connectivity index is 1.63. The van der Waals surface area contributed by atoms with Gasteiger partial charge in [-0.25, -0.2) is 4.98 Å². The van der Waals surface area contributed by atoms with Gasteiger partial charge in [-0.1, -0.05) is 13.8 Å². The van der Waals surface area contributed by atoms with E-state index in [0.29, 0.717) is 25.1 Å². The molecule has 28 heavy (non-hydrogen) atoms. The van der Waals surface area contributed by atoms with Crippen LogP contribution in [0.25, 0.3) is 11.0 Å². The molecular weight excluding hydrogens is 352 g/mol. The highest BCUT2D eigenvalue weighted by molar-refractivity contribution is 6.00. The number of hydrogen-bond acceptors (Lipinski definition) is 5. The lowest BCUT2D eigenvalue weighted by Gasteiger charge is -2.41. The summed E-state index contributed by atoms with van der Waals surface area (Å²) in [6, 6.07) is 4.76. The molecule has 2 aromatic rings. The molecule has 6 heteroatoms. The Hall–Kier alpha value is -1.92. The quantitative estimate of drug-likeness (QED) is 0.819. The largest absolute Gasteiger partial charge is 0.381 e. The number of hydrogen-bond donors (Lipinski definition) is 1. The summed E-state index contributed by atoms with van der Waals surface area (Å²) in [6.07, 6.45) is 1.51. The fourth-order valence-corrected chi connectivity index (χ4v) is 4.58. The number of ether oxygens (including phenoxy) is 1. The van der Waals surface area contributed by atoms with Gasteiger partial charge in [0.2, 0.25) is 5.78 Å². The second-order valence-corrected chi connectivity index (χ2v) is 8.68. The van der Waals surface area contributed by atoms with Crippen LogP contribution in [0, 0.1) is 12.3 Å². The summed E-state index contributed by atoms with van der Waals surface area (Å²) in [5, 5.41) is 0. The van der Waals surface area contributed by atoms with Crippen molar-refractivity contribution in [1.82, 2.24) is 14.9 Å². The monoisotopic (exact) mass is 384 g/mol. The van der Waals surface area contributed by atoms with Gasteiger partial charge in [-0.15, -0.1) is 0 Å². The average Bonchev–Trinajstić information content (AvgIpc) is 3.10. The number of benzene rings is 1. The number of rotatable bonds is 4. The first-order valence-corrected chi connectivity index (χ1v) is 10.5. The number of aryl methyl sites for hydroxylation is 1. The Labute approximate surface area is 167 Å². The molecule has 1 aromatic carbocycles. The van der Waals surface area contributed by atoms with Gasteiger partial charge in [0.1, 0.15) is 0 Å². The van der Waals surface area contributed by atoms with Crippen molar-refractivity contribution in [2.75, 3.05) is 44.3 Å². The third-order valence-electron chi connectivity index (χ3n) is 6.63. The molecule has 0 bridgehead atoms. The Morgan fingerprint density at radius 1 is 1.32 bits per heavy atom. The van der Waals surface area contributed by atoms with E-state index in [9.17, 15) is 4.79 Å². The highest BCUT2D eigenvalue weighted by atomic mass is 16.5. The Kier molecular flexibility index (Phi) is 5.19. The number of carbonyl (C=O) groups is 1. The Morgan fingerprint density at radius 3 is 2.75 bits per heavy atom. The molecule has 0 aliphatic carbocycles. The van der Waals surface area contributed by atoms with Crippen LogP contribution in [0.3, 0.4) is 0 Å². The number of aromatic nitrogens is 2. The smallest absolute Gasteiger partial charge is 0.204 e. The van der Waals surface area contributed by atoms with Crippen molar-refractivity contribution >= 4 is 22.5 Å². The maximum atomic E-state index is 13.1. The van der Waals surface area contributed by atoms with Crippen LogP contribution in [0.15, 0.2) is 12.1 Å². The lowest BCUT2D eigenvalue weighted by atomic mass is 9.78. The number of nitrogens with zero attached hydrogens (tertiary/aromatic N) is 3.